The molecule has 1 aromatic carbocycles. The van der Waals surface area contributed by atoms with Crippen LogP contribution in [0, 0.1) is 17.3 Å². The van der Waals surface area contributed by atoms with Crippen molar-refractivity contribution in [1.82, 2.24) is 0 Å². The van der Waals surface area contributed by atoms with Crippen molar-refractivity contribution in [3.05, 3.63) is 29.4 Å². The summed E-state index contributed by atoms with van der Waals surface area (Å²) in [6, 6.07) is 2.92. The van der Waals surface area contributed by atoms with Crippen molar-refractivity contribution in [2.75, 3.05) is 5.32 Å². The van der Waals surface area contributed by atoms with Crippen molar-refractivity contribution in [1.29, 1.82) is 0 Å². The van der Waals surface area contributed by atoms with E-state index in [0.717, 1.165) is 0 Å². The van der Waals surface area contributed by atoms with Gasteiger partial charge in [0, 0.05) is 19.3 Å². The van der Waals surface area contributed by atoms with E-state index in [-0.39, 0.29) is 10.8 Å². The molecule has 1 aromatic rings. The van der Waals surface area contributed by atoms with E-state index in [0.29, 0.717) is 12.8 Å². The van der Waals surface area contributed by atoms with Gasteiger partial charge in [-0.15, -0.1) is 0 Å². The Hall–Kier alpha value is -0.230. The number of hydrogen-bond donors (Lipinski definition) is 2. The second-order valence-electron chi connectivity index (χ2n) is 2.53. The molecule has 3 N–H and O–H groups in total. The number of rotatable bonds is 2. The van der Waals surface area contributed by atoms with Crippen LogP contribution >= 0.6 is 57.4 Å². The van der Waals surface area contributed by atoms with Crippen molar-refractivity contribution in [3.8, 4) is 0 Å². The number of benzene rings is 1. The maximum atomic E-state index is 10.6. The average molecular weight is 449 g/mol. The zero-order chi connectivity index (χ0) is 11.6. The third-order valence-corrected chi connectivity index (χ3v) is 3.29. The SMILES string of the molecule is NC(=S)Nc1c(I)cc([N+](=O)[O-])cc1I. The van der Waals surface area contributed by atoms with E-state index in [1.54, 1.807) is 0 Å². The Labute approximate surface area is 118 Å². The molecule has 0 fully saturated rings. The van der Waals surface area contributed by atoms with E-state index in [1.165, 1.54) is 12.1 Å². The summed E-state index contributed by atoms with van der Waals surface area (Å²) in [5.41, 5.74) is 6.10. The van der Waals surface area contributed by atoms with Crippen LogP contribution in [0.15, 0.2) is 12.1 Å². The first-order valence-corrected chi connectivity index (χ1v) is 6.18. The Morgan fingerprint density at radius 2 is 1.93 bits per heavy atom. The molecule has 0 saturated heterocycles. The number of nitro benzene ring substituents is 1. The molecule has 0 radical (unpaired) electrons. The summed E-state index contributed by atoms with van der Waals surface area (Å²) in [5.74, 6) is 0. The highest BCUT2D eigenvalue weighted by atomic mass is 127. The van der Waals surface area contributed by atoms with Crippen molar-refractivity contribution in [2.24, 2.45) is 5.73 Å². The van der Waals surface area contributed by atoms with Crippen LogP contribution in [-0.4, -0.2) is 10.0 Å². The van der Waals surface area contributed by atoms with Gasteiger partial charge in [0.2, 0.25) is 0 Å². The normalized spacial score (nSPS) is 9.73. The number of hydrogen-bond acceptors (Lipinski definition) is 3. The maximum Gasteiger partial charge on any atom is 0.271 e. The van der Waals surface area contributed by atoms with E-state index in [4.69, 9.17) is 18.0 Å². The fourth-order valence-electron chi connectivity index (χ4n) is 0.908. The zero-order valence-electron chi connectivity index (χ0n) is 7.16. The van der Waals surface area contributed by atoms with Gasteiger partial charge in [-0.05, 0) is 57.4 Å². The lowest BCUT2D eigenvalue weighted by Gasteiger charge is -2.08. The van der Waals surface area contributed by atoms with Crippen LogP contribution in [0.5, 0.6) is 0 Å². The summed E-state index contributed by atoms with van der Waals surface area (Å²) in [6.07, 6.45) is 0. The van der Waals surface area contributed by atoms with Crippen LogP contribution < -0.4 is 11.1 Å². The van der Waals surface area contributed by atoms with Gasteiger partial charge in [-0.2, -0.15) is 0 Å². The minimum Gasteiger partial charge on any atom is -0.376 e. The van der Waals surface area contributed by atoms with E-state index in [1.807, 2.05) is 45.2 Å². The number of thiocarbonyl (C=S) groups is 1. The lowest BCUT2D eigenvalue weighted by molar-refractivity contribution is -0.385. The summed E-state index contributed by atoms with van der Waals surface area (Å²) >= 11 is 8.69. The highest BCUT2D eigenvalue weighted by molar-refractivity contribution is 14.1. The second-order valence-corrected chi connectivity index (χ2v) is 5.29. The highest BCUT2D eigenvalue weighted by Crippen LogP contribution is 2.29. The number of nitrogens with one attached hydrogen (secondary N) is 1. The van der Waals surface area contributed by atoms with Gasteiger partial charge in [0.15, 0.2) is 5.11 Å². The molecule has 0 amide bonds. The van der Waals surface area contributed by atoms with Crippen LogP contribution in [0.1, 0.15) is 0 Å². The molecule has 0 aromatic heterocycles. The number of halogens is 2. The largest absolute Gasteiger partial charge is 0.376 e. The first kappa shape index (κ1) is 12.8. The molecule has 0 atom stereocenters. The standard InChI is InChI=1S/C7H5I2N3O2S/c8-4-1-3(12(13)14)2-5(9)6(4)11-7(10)15/h1-2H,(H3,10,11,15). The van der Waals surface area contributed by atoms with Crippen molar-refractivity contribution in [3.63, 3.8) is 0 Å². The molecule has 0 aliphatic rings. The molecule has 0 aliphatic heterocycles. The molecule has 15 heavy (non-hydrogen) atoms. The lowest BCUT2D eigenvalue weighted by Crippen LogP contribution is -2.20. The monoisotopic (exact) mass is 449 g/mol. The summed E-state index contributed by atoms with van der Waals surface area (Å²) < 4.78 is 1.41. The molecule has 0 heterocycles. The molecule has 0 saturated carbocycles. The predicted molar refractivity (Wildman–Crippen MR) is 78.9 cm³/mol. The summed E-state index contributed by atoms with van der Waals surface area (Å²) in [4.78, 5) is 10.1. The Kier molecular flexibility index (Phi) is 4.45. The van der Waals surface area contributed by atoms with Gasteiger partial charge < -0.3 is 11.1 Å². The van der Waals surface area contributed by atoms with Gasteiger partial charge in [-0.1, -0.05) is 0 Å². The third-order valence-electron chi connectivity index (χ3n) is 1.49. The molecule has 80 valence electrons. The number of nitrogens with zero attached hydrogens (tertiary/aromatic N) is 1. The number of anilines is 1. The topological polar surface area (TPSA) is 81.2 Å². The van der Waals surface area contributed by atoms with Gasteiger partial charge in [-0.25, -0.2) is 0 Å². The molecule has 8 heteroatoms. The van der Waals surface area contributed by atoms with Gasteiger partial charge in [-0.3, -0.25) is 10.1 Å². The zero-order valence-corrected chi connectivity index (χ0v) is 12.3. The van der Waals surface area contributed by atoms with Gasteiger partial charge in [0.05, 0.1) is 10.6 Å². The third kappa shape index (κ3) is 3.38. The number of non-ortho nitro benzene ring substituents is 1. The van der Waals surface area contributed by atoms with E-state index in [2.05, 4.69) is 5.32 Å². The van der Waals surface area contributed by atoms with Gasteiger partial charge in [0.1, 0.15) is 0 Å². The van der Waals surface area contributed by atoms with Crippen LogP contribution in [0.3, 0.4) is 0 Å². The highest BCUT2D eigenvalue weighted by Gasteiger charge is 2.13. The van der Waals surface area contributed by atoms with Crippen molar-refractivity contribution >= 4 is 73.9 Å². The Balaban J connectivity index is 3.21. The fourth-order valence-corrected chi connectivity index (χ4v) is 3.01. The maximum absolute atomic E-state index is 10.6. The molecular weight excluding hydrogens is 444 g/mol. The van der Waals surface area contributed by atoms with Gasteiger partial charge in [0.25, 0.3) is 5.69 Å². The second kappa shape index (κ2) is 5.21. The summed E-state index contributed by atoms with van der Waals surface area (Å²) in [7, 11) is 0. The quantitative estimate of drug-likeness (QED) is 0.314. The molecule has 0 unspecified atom stereocenters. The average Bonchev–Trinajstić information content (AvgIpc) is 2.10. The first-order chi connectivity index (χ1) is 6.91. The predicted octanol–water partition coefficient (Wildman–Crippen LogP) is 2.46. The molecule has 1 rings (SSSR count). The smallest absolute Gasteiger partial charge is 0.271 e. The van der Waals surface area contributed by atoms with Crippen LogP contribution in [0.4, 0.5) is 11.4 Å². The molecular formula is C7H5I2N3O2S. The molecule has 0 bridgehead atoms. The van der Waals surface area contributed by atoms with E-state index >= 15 is 0 Å². The summed E-state index contributed by atoms with van der Waals surface area (Å²) in [6.45, 7) is 0. The number of nitro groups is 1. The van der Waals surface area contributed by atoms with Crippen LogP contribution in [0.25, 0.3) is 0 Å². The Morgan fingerprint density at radius 1 is 1.47 bits per heavy atom. The molecule has 0 spiro atoms. The van der Waals surface area contributed by atoms with E-state index in [9.17, 15) is 10.1 Å². The van der Waals surface area contributed by atoms with E-state index < -0.39 is 4.92 Å². The molecule has 5 nitrogen and oxygen atoms in total. The fraction of sp³-hybridized carbons (Fsp3) is 0. The van der Waals surface area contributed by atoms with Crippen molar-refractivity contribution in [2.45, 2.75) is 0 Å². The Morgan fingerprint density at radius 3 is 2.27 bits per heavy atom. The molecule has 0 aliphatic carbocycles. The van der Waals surface area contributed by atoms with Gasteiger partial charge >= 0.3 is 0 Å². The van der Waals surface area contributed by atoms with Crippen LogP contribution in [-0.2, 0) is 0 Å². The van der Waals surface area contributed by atoms with Crippen LogP contribution in [0.2, 0.25) is 0 Å². The minimum atomic E-state index is -0.436. The summed E-state index contributed by atoms with van der Waals surface area (Å²) in [5, 5.41) is 13.5. The lowest BCUT2D eigenvalue weighted by atomic mass is 10.3. The first-order valence-electron chi connectivity index (χ1n) is 3.61. The minimum absolute atomic E-state index is 0.0530. The number of nitrogens with two attached hydrogens (primary N) is 1. The van der Waals surface area contributed by atoms with Crippen molar-refractivity contribution < 1.29 is 4.92 Å². The Bertz CT molecular complexity index is 415.